The van der Waals surface area contributed by atoms with Gasteiger partial charge in [-0.25, -0.2) is 13.9 Å². The number of benzene rings is 2. The predicted molar refractivity (Wildman–Crippen MR) is 103 cm³/mol. The lowest BCUT2D eigenvalue weighted by molar-refractivity contribution is 0.0736. The molecule has 1 aliphatic rings. The fourth-order valence-electron chi connectivity index (χ4n) is 3.72. The zero-order valence-corrected chi connectivity index (χ0v) is 15.0. The summed E-state index contributed by atoms with van der Waals surface area (Å²) in [6.07, 6.45) is 4.06. The molecule has 1 aliphatic heterocycles. The fraction of sp³-hybridized carbons (Fsp3) is 0.136. The molecule has 5 nitrogen and oxygen atoms in total. The minimum Gasteiger partial charge on any atom is -0.334 e. The minimum atomic E-state index is -0.296. The van der Waals surface area contributed by atoms with Gasteiger partial charge < -0.3 is 4.90 Å². The Hall–Kier alpha value is -3.54. The Bertz CT molecular complexity index is 1180. The van der Waals surface area contributed by atoms with Crippen LogP contribution >= 0.6 is 0 Å². The Morgan fingerprint density at radius 3 is 2.61 bits per heavy atom. The Kier molecular flexibility index (Phi) is 3.90. The second-order valence-electron chi connectivity index (χ2n) is 6.88. The first-order valence-electron chi connectivity index (χ1n) is 9.15. The van der Waals surface area contributed by atoms with Gasteiger partial charge in [-0.2, -0.15) is 5.10 Å². The van der Waals surface area contributed by atoms with Gasteiger partial charge in [0.1, 0.15) is 11.4 Å². The summed E-state index contributed by atoms with van der Waals surface area (Å²) in [5, 5.41) is 4.39. The van der Waals surface area contributed by atoms with Crippen LogP contribution < -0.4 is 0 Å². The highest BCUT2D eigenvalue weighted by Gasteiger charge is 2.25. The molecular weight excluding hydrogens is 355 g/mol. The maximum absolute atomic E-state index is 13.3. The van der Waals surface area contributed by atoms with Gasteiger partial charge in [0.2, 0.25) is 0 Å². The molecule has 28 heavy (non-hydrogen) atoms. The van der Waals surface area contributed by atoms with Crippen LogP contribution in [0, 0.1) is 5.82 Å². The van der Waals surface area contributed by atoms with Crippen molar-refractivity contribution < 1.29 is 9.18 Å². The lowest BCUT2D eigenvalue weighted by Crippen LogP contribution is -2.35. The van der Waals surface area contributed by atoms with Crippen molar-refractivity contribution in [2.75, 3.05) is 6.54 Å². The summed E-state index contributed by atoms with van der Waals surface area (Å²) in [4.78, 5) is 19.4. The topological polar surface area (TPSA) is 50.5 Å². The quantitative estimate of drug-likeness (QED) is 0.539. The van der Waals surface area contributed by atoms with Crippen molar-refractivity contribution in [3.05, 3.63) is 89.5 Å². The van der Waals surface area contributed by atoms with Gasteiger partial charge in [0.15, 0.2) is 5.65 Å². The van der Waals surface area contributed by atoms with Gasteiger partial charge in [-0.3, -0.25) is 4.79 Å². The van der Waals surface area contributed by atoms with Gasteiger partial charge in [-0.05, 0) is 47.9 Å². The molecule has 1 amide bonds. The molecule has 4 aromatic rings. The number of aromatic nitrogens is 3. The number of carbonyl (C=O) groups is 1. The molecule has 0 saturated carbocycles. The Morgan fingerprint density at radius 1 is 1.00 bits per heavy atom. The fourth-order valence-corrected chi connectivity index (χ4v) is 3.72. The van der Waals surface area contributed by atoms with Gasteiger partial charge in [0, 0.05) is 24.8 Å². The van der Waals surface area contributed by atoms with Crippen LogP contribution in [0.4, 0.5) is 4.39 Å². The maximum Gasteiger partial charge on any atom is 0.259 e. The first-order chi connectivity index (χ1) is 13.7. The Labute approximate surface area is 161 Å². The van der Waals surface area contributed by atoms with Gasteiger partial charge >= 0.3 is 0 Å². The summed E-state index contributed by atoms with van der Waals surface area (Å²) in [5.74, 6) is -0.371. The normalized spacial score (nSPS) is 13.5. The minimum absolute atomic E-state index is 0.0757. The highest BCUT2D eigenvalue weighted by Crippen LogP contribution is 2.24. The third-order valence-corrected chi connectivity index (χ3v) is 5.19. The molecule has 0 atom stereocenters. The van der Waals surface area contributed by atoms with Crippen molar-refractivity contribution in [3.8, 4) is 11.3 Å². The van der Waals surface area contributed by atoms with Crippen LogP contribution in [0.25, 0.3) is 16.9 Å². The lowest BCUT2D eigenvalue weighted by Gasteiger charge is -2.28. The lowest BCUT2D eigenvalue weighted by atomic mass is 9.99. The molecule has 0 aliphatic carbocycles. The molecular formula is C22H17FN4O. The molecule has 0 radical (unpaired) electrons. The highest BCUT2D eigenvalue weighted by molar-refractivity contribution is 6.00. The molecule has 0 saturated heterocycles. The SMILES string of the molecule is O=C(c1cnn2c(-c3ccc(F)cc3)ccnc12)N1CCc2ccccc2C1. The number of carbonyl (C=O) groups excluding carboxylic acids is 1. The number of hydrogen-bond donors (Lipinski definition) is 0. The van der Waals surface area contributed by atoms with Crippen LogP contribution in [-0.4, -0.2) is 31.9 Å². The van der Waals surface area contributed by atoms with Crippen LogP contribution in [0.1, 0.15) is 21.5 Å². The molecule has 0 spiro atoms. The molecule has 2 aromatic carbocycles. The van der Waals surface area contributed by atoms with Crippen molar-refractivity contribution in [2.24, 2.45) is 0 Å². The second-order valence-corrected chi connectivity index (χ2v) is 6.88. The first kappa shape index (κ1) is 16.6. The smallest absolute Gasteiger partial charge is 0.259 e. The summed E-state index contributed by atoms with van der Waals surface area (Å²) in [6.45, 7) is 1.26. The van der Waals surface area contributed by atoms with E-state index in [9.17, 15) is 9.18 Å². The van der Waals surface area contributed by atoms with E-state index < -0.39 is 0 Å². The molecule has 0 fully saturated rings. The van der Waals surface area contributed by atoms with Gasteiger partial charge in [-0.1, -0.05) is 24.3 Å². The van der Waals surface area contributed by atoms with Gasteiger partial charge in [-0.15, -0.1) is 0 Å². The molecule has 0 N–H and O–H groups in total. The molecule has 3 heterocycles. The van der Waals surface area contributed by atoms with E-state index in [1.54, 1.807) is 35.1 Å². The van der Waals surface area contributed by atoms with Crippen LogP contribution in [0.2, 0.25) is 0 Å². The summed E-state index contributed by atoms with van der Waals surface area (Å²) in [5.41, 5.74) is 5.02. The zero-order valence-electron chi connectivity index (χ0n) is 15.0. The van der Waals surface area contributed by atoms with E-state index in [0.717, 1.165) is 17.7 Å². The molecule has 138 valence electrons. The third-order valence-electron chi connectivity index (χ3n) is 5.19. The molecule has 0 bridgehead atoms. The molecule has 2 aromatic heterocycles. The van der Waals surface area contributed by atoms with E-state index in [4.69, 9.17) is 0 Å². The highest BCUT2D eigenvalue weighted by atomic mass is 19.1. The number of rotatable bonds is 2. The number of halogens is 1. The zero-order chi connectivity index (χ0) is 19.1. The van der Waals surface area contributed by atoms with Crippen molar-refractivity contribution in [1.29, 1.82) is 0 Å². The largest absolute Gasteiger partial charge is 0.334 e. The van der Waals surface area contributed by atoms with E-state index >= 15 is 0 Å². The van der Waals surface area contributed by atoms with Crippen LogP contribution in [0.3, 0.4) is 0 Å². The van der Waals surface area contributed by atoms with Crippen LogP contribution in [-0.2, 0) is 13.0 Å². The van der Waals surface area contributed by atoms with Crippen LogP contribution in [0.15, 0.2) is 67.0 Å². The first-order valence-corrected chi connectivity index (χ1v) is 9.15. The standard InChI is InChI=1S/C22H17FN4O/c23-18-7-5-16(6-8-18)20-9-11-24-21-19(13-25-27(20)21)22(28)26-12-10-15-3-1-2-4-17(15)14-26/h1-9,11,13H,10,12,14H2. The summed E-state index contributed by atoms with van der Waals surface area (Å²) < 4.78 is 14.9. The maximum atomic E-state index is 13.3. The number of amides is 1. The number of nitrogens with zero attached hydrogens (tertiary/aromatic N) is 4. The van der Waals surface area contributed by atoms with Crippen molar-refractivity contribution in [2.45, 2.75) is 13.0 Å². The van der Waals surface area contributed by atoms with E-state index in [1.807, 2.05) is 17.0 Å². The van der Waals surface area contributed by atoms with E-state index in [1.165, 1.54) is 23.3 Å². The Morgan fingerprint density at radius 2 is 1.79 bits per heavy atom. The third kappa shape index (κ3) is 2.74. The summed E-state index contributed by atoms with van der Waals surface area (Å²) in [6, 6.07) is 16.2. The second kappa shape index (κ2) is 6.56. The van der Waals surface area contributed by atoms with Crippen molar-refractivity contribution in [1.82, 2.24) is 19.5 Å². The van der Waals surface area contributed by atoms with E-state index in [0.29, 0.717) is 24.3 Å². The van der Waals surface area contributed by atoms with E-state index in [2.05, 4.69) is 22.2 Å². The summed E-state index contributed by atoms with van der Waals surface area (Å²) in [7, 11) is 0. The average Bonchev–Trinajstić information content (AvgIpc) is 3.18. The molecule has 6 heteroatoms. The van der Waals surface area contributed by atoms with E-state index in [-0.39, 0.29) is 11.7 Å². The molecule has 0 unspecified atom stereocenters. The molecule has 5 rings (SSSR count). The van der Waals surface area contributed by atoms with Crippen molar-refractivity contribution >= 4 is 11.6 Å². The van der Waals surface area contributed by atoms with Gasteiger partial charge in [0.25, 0.3) is 5.91 Å². The van der Waals surface area contributed by atoms with Crippen LogP contribution in [0.5, 0.6) is 0 Å². The van der Waals surface area contributed by atoms with Crippen molar-refractivity contribution in [3.63, 3.8) is 0 Å². The monoisotopic (exact) mass is 372 g/mol. The number of fused-ring (bicyclic) bond motifs is 2. The number of hydrogen-bond acceptors (Lipinski definition) is 3. The summed E-state index contributed by atoms with van der Waals surface area (Å²) >= 11 is 0. The van der Waals surface area contributed by atoms with Gasteiger partial charge in [0.05, 0.1) is 11.9 Å². The average molecular weight is 372 g/mol. The Balaban J connectivity index is 1.51. The predicted octanol–water partition coefficient (Wildman–Crippen LogP) is 3.73.